The highest BCUT2D eigenvalue weighted by Crippen LogP contribution is 2.29. The summed E-state index contributed by atoms with van der Waals surface area (Å²) in [5, 5.41) is 3.41. The van der Waals surface area contributed by atoms with Gasteiger partial charge in [0.25, 0.3) is 0 Å². The Kier molecular flexibility index (Phi) is 4.23. The van der Waals surface area contributed by atoms with Crippen LogP contribution in [0.5, 0.6) is 5.88 Å². The minimum Gasteiger partial charge on any atom is -0.476 e. The molecule has 2 rings (SSSR count). The maximum atomic E-state index is 6.06. The minimum atomic E-state index is 0.487. The molecule has 0 radical (unpaired) electrons. The molecule has 5 heteroatoms. The van der Waals surface area contributed by atoms with Crippen LogP contribution >= 0.6 is 0 Å². The molecule has 1 aromatic heterocycles. The third-order valence-corrected chi connectivity index (χ3v) is 3.16. The number of anilines is 2. The highest BCUT2D eigenvalue weighted by atomic mass is 16.5. The lowest BCUT2D eigenvalue weighted by Crippen LogP contribution is -2.18. The fraction of sp³-hybridized carbons (Fsp3) is 0.692. The molecule has 0 aromatic carbocycles. The second-order valence-electron chi connectivity index (χ2n) is 4.81. The SMILES string of the molecule is CCCOc1nc(C)nc(NC2CCCC2)c1N. The summed E-state index contributed by atoms with van der Waals surface area (Å²) in [6.07, 6.45) is 5.87. The number of nitrogens with one attached hydrogen (secondary N) is 1. The number of ether oxygens (including phenoxy) is 1. The summed E-state index contributed by atoms with van der Waals surface area (Å²) in [6.45, 7) is 4.55. The van der Waals surface area contributed by atoms with Gasteiger partial charge in [-0.1, -0.05) is 19.8 Å². The first kappa shape index (κ1) is 12.9. The maximum Gasteiger partial charge on any atom is 0.242 e. The molecule has 0 spiro atoms. The van der Waals surface area contributed by atoms with Gasteiger partial charge < -0.3 is 15.8 Å². The molecule has 0 aliphatic heterocycles. The van der Waals surface area contributed by atoms with Crippen LogP contribution in [0.25, 0.3) is 0 Å². The minimum absolute atomic E-state index is 0.487. The molecule has 1 aromatic rings. The van der Waals surface area contributed by atoms with Gasteiger partial charge in [0, 0.05) is 6.04 Å². The van der Waals surface area contributed by atoms with Crippen LogP contribution in [-0.4, -0.2) is 22.6 Å². The van der Waals surface area contributed by atoms with Crippen LogP contribution in [0.1, 0.15) is 44.9 Å². The van der Waals surface area contributed by atoms with Crippen molar-refractivity contribution < 1.29 is 4.74 Å². The van der Waals surface area contributed by atoms with E-state index in [0.29, 0.717) is 30.0 Å². The van der Waals surface area contributed by atoms with Crippen molar-refractivity contribution in [1.82, 2.24) is 9.97 Å². The normalized spacial score (nSPS) is 15.9. The van der Waals surface area contributed by atoms with E-state index >= 15 is 0 Å². The molecule has 0 unspecified atom stereocenters. The van der Waals surface area contributed by atoms with Crippen LogP contribution in [-0.2, 0) is 0 Å². The Morgan fingerprint density at radius 1 is 1.33 bits per heavy atom. The van der Waals surface area contributed by atoms with Gasteiger partial charge in [-0.25, -0.2) is 4.98 Å². The molecule has 0 bridgehead atoms. The predicted molar refractivity (Wildman–Crippen MR) is 72.8 cm³/mol. The number of nitrogen functional groups attached to an aromatic ring is 1. The van der Waals surface area contributed by atoms with E-state index in [-0.39, 0.29) is 0 Å². The second-order valence-corrected chi connectivity index (χ2v) is 4.81. The van der Waals surface area contributed by atoms with Crippen LogP contribution in [0.15, 0.2) is 0 Å². The smallest absolute Gasteiger partial charge is 0.242 e. The van der Waals surface area contributed by atoms with Gasteiger partial charge in [0.1, 0.15) is 11.5 Å². The standard InChI is InChI=1S/C13H22N4O/c1-3-8-18-13-11(14)12(15-9(2)16-13)17-10-6-4-5-7-10/h10H,3-8,14H2,1-2H3,(H,15,16,17). The Morgan fingerprint density at radius 2 is 2.06 bits per heavy atom. The summed E-state index contributed by atoms with van der Waals surface area (Å²) >= 11 is 0. The lowest BCUT2D eigenvalue weighted by Gasteiger charge is -2.16. The molecule has 1 saturated carbocycles. The number of aryl methyl sites for hydroxylation is 1. The lowest BCUT2D eigenvalue weighted by atomic mass is 10.2. The number of nitrogens with two attached hydrogens (primary N) is 1. The zero-order chi connectivity index (χ0) is 13.0. The average molecular weight is 250 g/mol. The number of hydrogen-bond donors (Lipinski definition) is 2. The first-order chi connectivity index (χ1) is 8.70. The van der Waals surface area contributed by atoms with Gasteiger partial charge in [0.15, 0.2) is 5.82 Å². The Labute approximate surface area is 108 Å². The Hall–Kier alpha value is -1.52. The third-order valence-electron chi connectivity index (χ3n) is 3.16. The van der Waals surface area contributed by atoms with Gasteiger partial charge in [0.2, 0.25) is 5.88 Å². The molecule has 1 heterocycles. The van der Waals surface area contributed by atoms with Crippen LogP contribution in [0.3, 0.4) is 0 Å². The molecule has 1 fully saturated rings. The quantitative estimate of drug-likeness (QED) is 0.840. The molecule has 1 aliphatic rings. The summed E-state index contributed by atoms with van der Waals surface area (Å²) in [5.74, 6) is 1.92. The van der Waals surface area contributed by atoms with Gasteiger partial charge in [-0.15, -0.1) is 0 Å². The monoisotopic (exact) mass is 250 g/mol. The summed E-state index contributed by atoms with van der Waals surface area (Å²) in [4.78, 5) is 8.62. The van der Waals surface area contributed by atoms with E-state index in [2.05, 4.69) is 22.2 Å². The van der Waals surface area contributed by atoms with Crippen molar-refractivity contribution in [3.8, 4) is 5.88 Å². The molecule has 5 nitrogen and oxygen atoms in total. The molecule has 100 valence electrons. The van der Waals surface area contributed by atoms with Crippen molar-refractivity contribution in [3.05, 3.63) is 5.82 Å². The summed E-state index contributed by atoms with van der Waals surface area (Å²) in [7, 11) is 0. The van der Waals surface area contributed by atoms with E-state index in [4.69, 9.17) is 10.5 Å². The molecule has 18 heavy (non-hydrogen) atoms. The van der Waals surface area contributed by atoms with Gasteiger partial charge >= 0.3 is 0 Å². The highest BCUT2D eigenvalue weighted by molar-refractivity contribution is 5.67. The highest BCUT2D eigenvalue weighted by Gasteiger charge is 2.18. The van der Waals surface area contributed by atoms with E-state index < -0.39 is 0 Å². The molecule has 1 aliphatic carbocycles. The summed E-state index contributed by atoms with van der Waals surface area (Å²) < 4.78 is 5.56. The van der Waals surface area contributed by atoms with Gasteiger partial charge in [-0.3, -0.25) is 0 Å². The summed E-state index contributed by atoms with van der Waals surface area (Å²) in [5.41, 5.74) is 6.59. The summed E-state index contributed by atoms with van der Waals surface area (Å²) in [6, 6.07) is 0.487. The van der Waals surface area contributed by atoms with E-state index in [9.17, 15) is 0 Å². The first-order valence-electron chi connectivity index (χ1n) is 6.74. The van der Waals surface area contributed by atoms with Crippen LogP contribution in [0, 0.1) is 6.92 Å². The van der Waals surface area contributed by atoms with Gasteiger partial charge in [-0.2, -0.15) is 4.98 Å². The van der Waals surface area contributed by atoms with Crippen molar-refractivity contribution in [1.29, 1.82) is 0 Å². The van der Waals surface area contributed by atoms with Crippen molar-refractivity contribution in [2.75, 3.05) is 17.7 Å². The van der Waals surface area contributed by atoms with Crippen molar-refractivity contribution in [2.24, 2.45) is 0 Å². The van der Waals surface area contributed by atoms with Gasteiger partial charge in [-0.05, 0) is 26.2 Å². The first-order valence-corrected chi connectivity index (χ1v) is 6.74. The Bertz CT molecular complexity index is 402. The zero-order valence-corrected chi connectivity index (χ0v) is 11.2. The van der Waals surface area contributed by atoms with E-state index in [1.54, 1.807) is 0 Å². The topological polar surface area (TPSA) is 73.1 Å². The van der Waals surface area contributed by atoms with E-state index in [1.807, 2.05) is 6.92 Å². The fourth-order valence-electron chi connectivity index (χ4n) is 2.24. The largest absolute Gasteiger partial charge is 0.476 e. The van der Waals surface area contributed by atoms with Crippen molar-refractivity contribution in [2.45, 2.75) is 52.0 Å². The molecular weight excluding hydrogens is 228 g/mol. The van der Waals surface area contributed by atoms with E-state index in [0.717, 1.165) is 12.2 Å². The molecule has 0 saturated heterocycles. The number of nitrogens with zero attached hydrogens (tertiary/aromatic N) is 2. The maximum absolute atomic E-state index is 6.06. The lowest BCUT2D eigenvalue weighted by molar-refractivity contribution is 0.306. The molecule has 0 amide bonds. The zero-order valence-electron chi connectivity index (χ0n) is 11.2. The Balaban J connectivity index is 2.14. The fourth-order valence-corrected chi connectivity index (χ4v) is 2.24. The number of hydrogen-bond acceptors (Lipinski definition) is 5. The van der Waals surface area contributed by atoms with Crippen molar-refractivity contribution >= 4 is 11.5 Å². The number of aromatic nitrogens is 2. The number of rotatable bonds is 5. The average Bonchev–Trinajstić information content (AvgIpc) is 2.84. The van der Waals surface area contributed by atoms with Crippen LogP contribution in [0.2, 0.25) is 0 Å². The molecular formula is C13H22N4O. The van der Waals surface area contributed by atoms with Crippen LogP contribution in [0.4, 0.5) is 11.5 Å². The second kappa shape index (κ2) is 5.89. The Morgan fingerprint density at radius 3 is 2.72 bits per heavy atom. The van der Waals surface area contributed by atoms with E-state index in [1.165, 1.54) is 25.7 Å². The predicted octanol–water partition coefficient (Wildman–Crippen LogP) is 2.51. The van der Waals surface area contributed by atoms with Gasteiger partial charge in [0.05, 0.1) is 6.61 Å². The van der Waals surface area contributed by atoms with Crippen LogP contribution < -0.4 is 15.8 Å². The third kappa shape index (κ3) is 3.03. The molecule has 0 atom stereocenters. The molecule has 3 N–H and O–H groups in total. The van der Waals surface area contributed by atoms with Crippen molar-refractivity contribution in [3.63, 3.8) is 0 Å².